The zero-order chi connectivity index (χ0) is 22.8. The molecule has 0 atom stereocenters. The molecule has 2 aromatic heterocycles. The number of rotatable bonds is 5. The van der Waals surface area contributed by atoms with Crippen molar-refractivity contribution >= 4 is 34.3 Å². The number of piperidine rings is 1. The molecule has 0 unspecified atom stereocenters. The first kappa shape index (κ1) is 21.2. The van der Waals surface area contributed by atoms with Gasteiger partial charge in [-0.15, -0.1) is 0 Å². The fraction of sp³-hybridized carbons (Fsp3) is 0.417. The van der Waals surface area contributed by atoms with E-state index in [-0.39, 0.29) is 6.10 Å². The maximum atomic E-state index is 11.1. The first-order valence-electron chi connectivity index (χ1n) is 11.4. The van der Waals surface area contributed by atoms with E-state index in [9.17, 15) is 4.79 Å². The molecular formula is C24H28N6O3. The minimum absolute atomic E-state index is 0.0282. The van der Waals surface area contributed by atoms with Gasteiger partial charge in [-0.2, -0.15) is 0 Å². The van der Waals surface area contributed by atoms with Crippen LogP contribution in [0.2, 0.25) is 0 Å². The molecule has 2 saturated heterocycles. The third kappa shape index (κ3) is 4.62. The van der Waals surface area contributed by atoms with Crippen LogP contribution in [-0.4, -0.2) is 63.3 Å². The lowest BCUT2D eigenvalue weighted by Gasteiger charge is -2.30. The van der Waals surface area contributed by atoms with Crippen molar-refractivity contribution in [2.24, 2.45) is 0 Å². The van der Waals surface area contributed by atoms with Gasteiger partial charge in [-0.05, 0) is 49.6 Å². The molecule has 1 aromatic carbocycles. The zero-order valence-electron chi connectivity index (χ0n) is 18.7. The maximum absolute atomic E-state index is 11.1. The molecule has 0 saturated carbocycles. The second-order valence-corrected chi connectivity index (χ2v) is 8.67. The number of likely N-dealkylation sites (tertiary alicyclic amines) is 1. The Morgan fingerprint density at radius 3 is 2.61 bits per heavy atom. The number of anilines is 3. The van der Waals surface area contributed by atoms with Crippen molar-refractivity contribution < 1.29 is 14.6 Å². The summed E-state index contributed by atoms with van der Waals surface area (Å²) in [5.74, 6) is 2.53. The van der Waals surface area contributed by atoms with Crippen LogP contribution in [0.25, 0.3) is 10.9 Å². The third-order valence-electron chi connectivity index (χ3n) is 6.38. The van der Waals surface area contributed by atoms with Gasteiger partial charge in [0.25, 0.3) is 0 Å². The Balaban J connectivity index is 1.31. The van der Waals surface area contributed by atoms with Gasteiger partial charge < -0.3 is 25.0 Å². The quantitative estimate of drug-likeness (QED) is 0.599. The molecule has 0 radical (unpaired) electrons. The number of benzene rings is 1. The number of carboxylic acid groups (broad SMARTS) is 1. The minimum Gasteiger partial charge on any atom is -0.490 e. The zero-order valence-corrected chi connectivity index (χ0v) is 18.7. The Kier molecular flexibility index (Phi) is 5.85. The standard InChI is InChI=1S/C24H28N6O3/c1-16-12-17(4-5-21(16)33-18-6-10-30(11-7-18)24(31)32)28-23-19-13-22(29-8-2-3-9-29)25-14-20(19)26-15-27-23/h4-5,12-15,18H,2-3,6-11H2,1H3,(H,31,32)(H,26,27,28). The van der Waals surface area contributed by atoms with Crippen LogP contribution >= 0.6 is 0 Å². The van der Waals surface area contributed by atoms with Crippen LogP contribution in [0.15, 0.2) is 36.8 Å². The number of aromatic nitrogens is 3. The van der Waals surface area contributed by atoms with Crippen molar-refractivity contribution in [3.63, 3.8) is 0 Å². The van der Waals surface area contributed by atoms with Gasteiger partial charge in [-0.25, -0.2) is 19.7 Å². The number of hydrogen-bond acceptors (Lipinski definition) is 7. The number of ether oxygens (including phenoxy) is 1. The molecule has 0 aliphatic carbocycles. The summed E-state index contributed by atoms with van der Waals surface area (Å²) in [4.78, 5) is 28.3. The van der Waals surface area contributed by atoms with E-state index in [1.165, 1.54) is 17.7 Å². The number of nitrogens with one attached hydrogen (secondary N) is 1. The predicted molar refractivity (Wildman–Crippen MR) is 126 cm³/mol. The Labute approximate surface area is 192 Å². The molecule has 5 rings (SSSR count). The fourth-order valence-electron chi connectivity index (χ4n) is 4.51. The van der Waals surface area contributed by atoms with E-state index in [2.05, 4.69) is 31.2 Å². The van der Waals surface area contributed by atoms with Crippen molar-refractivity contribution in [3.05, 3.63) is 42.4 Å². The Hall–Kier alpha value is -3.62. The lowest BCUT2D eigenvalue weighted by atomic mass is 10.1. The molecular weight excluding hydrogens is 420 g/mol. The lowest BCUT2D eigenvalue weighted by molar-refractivity contribution is 0.0891. The highest BCUT2D eigenvalue weighted by atomic mass is 16.5. The molecule has 9 nitrogen and oxygen atoms in total. The van der Waals surface area contributed by atoms with Crippen molar-refractivity contribution in [1.82, 2.24) is 19.9 Å². The Morgan fingerprint density at radius 2 is 1.88 bits per heavy atom. The predicted octanol–water partition coefficient (Wildman–Crippen LogP) is 4.20. The third-order valence-corrected chi connectivity index (χ3v) is 6.38. The largest absolute Gasteiger partial charge is 0.490 e. The van der Waals surface area contributed by atoms with Gasteiger partial charge in [0.2, 0.25) is 0 Å². The molecule has 4 heterocycles. The highest BCUT2D eigenvalue weighted by Gasteiger charge is 2.24. The van der Waals surface area contributed by atoms with Crippen LogP contribution in [0.5, 0.6) is 5.75 Å². The van der Waals surface area contributed by atoms with Gasteiger partial charge in [-0.1, -0.05) is 0 Å². The van der Waals surface area contributed by atoms with Crippen LogP contribution < -0.4 is 15.0 Å². The number of aryl methyl sites for hydroxylation is 1. The Morgan fingerprint density at radius 1 is 1.09 bits per heavy atom. The van der Waals surface area contributed by atoms with E-state index in [0.29, 0.717) is 25.9 Å². The molecule has 2 fully saturated rings. The smallest absolute Gasteiger partial charge is 0.407 e. The lowest BCUT2D eigenvalue weighted by Crippen LogP contribution is -2.41. The average Bonchev–Trinajstić information content (AvgIpc) is 3.36. The summed E-state index contributed by atoms with van der Waals surface area (Å²) in [6.45, 7) is 5.10. The number of pyridine rings is 1. The number of amides is 1. The molecule has 2 aliphatic rings. The van der Waals surface area contributed by atoms with Gasteiger partial charge in [0.1, 0.15) is 29.8 Å². The van der Waals surface area contributed by atoms with E-state index < -0.39 is 6.09 Å². The summed E-state index contributed by atoms with van der Waals surface area (Å²) in [5, 5.41) is 13.5. The van der Waals surface area contributed by atoms with Crippen LogP contribution in [0.1, 0.15) is 31.2 Å². The van der Waals surface area contributed by atoms with Crippen molar-refractivity contribution in [2.45, 2.75) is 38.7 Å². The molecule has 2 N–H and O–H groups in total. The first-order chi connectivity index (χ1) is 16.1. The van der Waals surface area contributed by atoms with Gasteiger partial charge in [0.15, 0.2) is 0 Å². The van der Waals surface area contributed by atoms with E-state index >= 15 is 0 Å². The van der Waals surface area contributed by atoms with Crippen molar-refractivity contribution in [2.75, 3.05) is 36.4 Å². The Bertz CT molecular complexity index is 1160. The highest BCUT2D eigenvalue weighted by molar-refractivity contribution is 5.91. The minimum atomic E-state index is -0.861. The molecule has 0 bridgehead atoms. The van der Waals surface area contributed by atoms with Crippen LogP contribution in [0.3, 0.4) is 0 Å². The summed E-state index contributed by atoms with van der Waals surface area (Å²) in [6, 6.07) is 8.04. The molecule has 1 amide bonds. The molecule has 9 heteroatoms. The summed E-state index contributed by atoms with van der Waals surface area (Å²) < 4.78 is 6.18. The highest BCUT2D eigenvalue weighted by Crippen LogP contribution is 2.30. The van der Waals surface area contributed by atoms with E-state index in [0.717, 1.165) is 52.6 Å². The topological polar surface area (TPSA) is 104 Å². The van der Waals surface area contributed by atoms with Crippen LogP contribution in [-0.2, 0) is 0 Å². The molecule has 0 spiro atoms. The number of nitrogens with zero attached hydrogens (tertiary/aromatic N) is 5. The number of hydrogen-bond donors (Lipinski definition) is 2. The van der Waals surface area contributed by atoms with Gasteiger partial charge in [0.05, 0.1) is 11.7 Å². The van der Waals surface area contributed by atoms with Gasteiger partial charge in [0, 0.05) is 50.1 Å². The molecule has 33 heavy (non-hydrogen) atoms. The summed E-state index contributed by atoms with van der Waals surface area (Å²) in [5.41, 5.74) is 2.73. The van der Waals surface area contributed by atoms with Crippen molar-refractivity contribution in [1.29, 1.82) is 0 Å². The SMILES string of the molecule is Cc1cc(Nc2ncnc3cnc(N4CCCC4)cc23)ccc1OC1CCN(C(=O)O)CC1. The summed E-state index contributed by atoms with van der Waals surface area (Å²) in [7, 11) is 0. The van der Waals surface area contributed by atoms with Gasteiger partial charge in [-0.3, -0.25) is 0 Å². The number of fused-ring (bicyclic) bond motifs is 1. The summed E-state index contributed by atoms with van der Waals surface area (Å²) in [6.07, 6.45) is 6.33. The van der Waals surface area contributed by atoms with E-state index in [4.69, 9.17) is 9.84 Å². The maximum Gasteiger partial charge on any atom is 0.407 e. The number of carbonyl (C=O) groups is 1. The molecule has 172 valence electrons. The second kappa shape index (κ2) is 9.09. The van der Waals surface area contributed by atoms with Gasteiger partial charge >= 0.3 is 6.09 Å². The summed E-state index contributed by atoms with van der Waals surface area (Å²) >= 11 is 0. The van der Waals surface area contributed by atoms with Crippen LogP contribution in [0, 0.1) is 6.92 Å². The van der Waals surface area contributed by atoms with E-state index in [1.807, 2.05) is 31.3 Å². The van der Waals surface area contributed by atoms with Crippen molar-refractivity contribution in [3.8, 4) is 5.75 Å². The fourth-order valence-corrected chi connectivity index (χ4v) is 4.51. The first-order valence-corrected chi connectivity index (χ1v) is 11.4. The molecule has 3 aromatic rings. The average molecular weight is 449 g/mol. The van der Waals surface area contributed by atoms with E-state index in [1.54, 1.807) is 6.33 Å². The normalized spacial score (nSPS) is 16.9. The molecule has 2 aliphatic heterocycles. The monoisotopic (exact) mass is 448 g/mol. The van der Waals surface area contributed by atoms with Crippen LogP contribution in [0.4, 0.5) is 22.1 Å². The second-order valence-electron chi connectivity index (χ2n) is 8.67.